The van der Waals surface area contributed by atoms with Gasteiger partial charge in [0.25, 0.3) is 0 Å². The van der Waals surface area contributed by atoms with E-state index >= 15 is 0 Å². The number of carbonyl (C=O) groups is 1. The van der Waals surface area contributed by atoms with Gasteiger partial charge in [-0.3, -0.25) is 4.79 Å². The summed E-state index contributed by atoms with van der Waals surface area (Å²) in [6.07, 6.45) is 0.409. The van der Waals surface area contributed by atoms with E-state index in [9.17, 15) is 4.79 Å². The summed E-state index contributed by atoms with van der Waals surface area (Å²) in [5.41, 5.74) is 0.745. The van der Waals surface area contributed by atoms with Crippen LogP contribution in [0.25, 0.3) is 0 Å². The summed E-state index contributed by atoms with van der Waals surface area (Å²) in [7, 11) is 1.60. The van der Waals surface area contributed by atoms with Crippen LogP contribution in [-0.4, -0.2) is 18.8 Å². The first kappa shape index (κ1) is 12.4. The predicted molar refractivity (Wildman–Crippen MR) is 67.8 cm³/mol. The minimum absolute atomic E-state index is 0.0398. The smallest absolute Gasteiger partial charge is 0.225 e. The van der Waals surface area contributed by atoms with Crippen molar-refractivity contribution in [2.24, 2.45) is 0 Å². The number of methoxy groups -OCH3 is 1. The Kier molecular flexibility index (Phi) is 4.98. The van der Waals surface area contributed by atoms with Crippen molar-refractivity contribution >= 4 is 40.2 Å². The van der Waals surface area contributed by atoms with Crippen LogP contribution < -0.4 is 10.1 Å². The van der Waals surface area contributed by atoms with Crippen LogP contribution in [0.3, 0.4) is 0 Å². The molecule has 82 valence electrons. The number of thiol groups is 1. The van der Waals surface area contributed by atoms with Crippen LogP contribution in [0, 0.1) is 0 Å². The fourth-order valence-corrected chi connectivity index (χ4v) is 1.81. The third-order valence-corrected chi connectivity index (χ3v) is 2.62. The lowest BCUT2D eigenvalue weighted by atomic mass is 10.3. The summed E-state index contributed by atoms with van der Waals surface area (Å²) in [6.45, 7) is 0. The first-order chi connectivity index (χ1) is 7.17. The lowest BCUT2D eigenvalue weighted by Crippen LogP contribution is -2.11. The second-order valence-corrected chi connectivity index (χ2v) is 4.17. The summed E-state index contributed by atoms with van der Waals surface area (Å²) in [5.74, 6) is 1.24. The second-order valence-electron chi connectivity index (χ2n) is 2.87. The summed E-state index contributed by atoms with van der Waals surface area (Å²) in [6, 6.07) is 5.38. The molecule has 0 saturated heterocycles. The van der Waals surface area contributed by atoms with Gasteiger partial charge in [-0.05, 0) is 39.9 Å². The molecule has 0 aromatic heterocycles. The van der Waals surface area contributed by atoms with Crippen molar-refractivity contribution in [3.05, 3.63) is 22.7 Å². The van der Waals surface area contributed by atoms with E-state index in [2.05, 4.69) is 33.9 Å². The minimum atomic E-state index is -0.0398. The van der Waals surface area contributed by atoms with Gasteiger partial charge in [0.05, 0.1) is 11.6 Å². The molecule has 0 aliphatic heterocycles. The molecule has 0 saturated carbocycles. The number of anilines is 1. The number of rotatable bonds is 4. The fourth-order valence-electron chi connectivity index (χ4n) is 1.07. The lowest BCUT2D eigenvalue weighted by molar-refractivity contribution is -0.115. The van der Waals surface area contributed by atoms with Crippen molar-refractivity contribution in [1.82, 2.24) is 0 Å². The molecule has 0 atom stereocenters. The Bertz CT molecular complexity index is 357. The van der Waals surface area contributed by atoms with Gasteiger partial charge in [-0.1, -0.05) is 0 Å². The molecule has 0 radical (unpaired) electrons. The maximum atomic E-state index is 11.3. The average molecular weight is 290 g/mol. The molecule has 1 rings (SSSR count). The number of ether oxygens (including phenoxy) is 1. The fraction of sp³-hybridized carbons (Fsp3) is 0.300. The van der Waals surface area contributed by atoms with Crippen LogP contribution in [0.15, 0.2) is 22.7 Å². The topological polar surface area (TPSA) is 38.3 Å². The predicted octanol–water partition coefficient (Wildman–Crippen LogP) is 2.72. The van der Waals surface area contributed by atoms with Crippen molar-refractivity contribution in [3.8, 4) is 5.75 Å². The van der Waals surface area contributed by atoms with Gasteiger partial charge in [-0.25, -0.2) is 0 Å². The van der Waals surface area contributed by atoms with Crippen LogP contribution >= 0.6 is 28.6 Å². The second kappa shape index (κ2) is 6.02. The molecule has 0 heterocycles. The molecular weight excluding hydrogens is 278 g/mol. The number of benzene rings is 1. The summed E-state index contributed by atoms with van der Waals surface area (Å²) >= 11 is 7.33. The highest BCUT2D eigenvalue weighted by atomic mass is 79.9. The molecule has 0 unspecified atom stereocenters. The molecule has 0 spiro atoms. The zero-order valence-electron chi connectivity index (χ0n) is 8.29. The standard InChI is InChI=1S/C10H12BrNO2S/c1-14-9-3-2-7(6-8(9)11)12-10(13)4-5-15/h2-3,6,15H,4-5H2,1H3,(H,12,13). The Labute approximate surface area is 103 Å². The Morgan fingerprint density at radius 3 is 2.87 bits per heavy atom. The van der Waals surface area contributed by atoms with Crippen molar-refractivity contribution in [2.75, 3.05) is 18.2 Å². The summed E-state index contributed by atoms with van der Waals surface area (Å²) in [5, 5.41) is 2.76. The molecular formula is C10H12BrNO2S. The van der Waals surface area contributed by atoms with E-state index < -0.39 is 0 Å². The van der Waals surface area contributed by atoms with Gasteiger partial charge in [0.15, 0.2) is 0 Å². The van der Waals surface area contributed by atoms with Crippen LogP contribution in [0.1, 0.15) is 6.42 Å². The summed E-state index contributed by atoms with van der Waals surface area (Å²) in [4.78, 5) is 11.3. The molecule has 0 fully saturated rings. The molecule has 3 nitrogen and oxygen atoms in total. The maximum absolute atomic E-state index is 11.3. The molecule has 1 amide bonds. The molecule has 1 aromatic carbocycles. The van der Waals surface area contributed by atoms with Crippen LogP contribution in [0.4, 0.5) is 5.69 Å². The largest absolute Gasteiger partial charge is 0.496 e. The molecule has 0 bridgehead atoms. The van der Waals surface area contributed by atoms with Crippen molar-refractivity contribution in [1.29, 1.82) is 0 Å². The number of halogens is 1. The van der Waals surface area contributed by atoms with E-state index in [0.29, 0.717) is 12.2 Å². The van der Waals surface area contributed by atoms with E-state index in [-0.39, 0.29) is 5.91 Å². The van der Waals surface area contributed by atoms with Crippen LogP contribution in [-0.2, 0) is 4.79 Å². The summed E-state index contributed by atoms with van der Waals surface area (Å²) < 4.78 is 5.89. The van der Waals surface area contributed by atoms with Gasteiger partial charge in [0.1, 0.15) is 5.75 Å². The van der Waals surface area contributed by atoms with E-state index in [0.717, 1.165) is 15.9 Å². The first-order valence-electron chi connectivity index (χ1n) is 4.41. The maximum Gasteiger partial charge on any atom is 0.225 e. The van der Waals surface area contributed by atoms with Crippen molar-refractivity contribution in [3.63, 3.8) is 0 Å². The van der Waals surface area contributed by atoms with Crippen molar-refractivity contribution < 1.29 is 9.53 Å². The molecule has 0 aliphatic carbocycles. The van der Waals surface area contributed by atoms with Crippen LogP contribution in [0.5, 0.6) is 5.75 Å². The van der Waals surface area contributed by atoms with Gasteiger partial charge < -0.3 is 10.1 Å². The SMILES string of the molecule is COc1ccc(NC(=O)CCS)cc1Br. The van der Waals surface area contributed by atoms with Gasteiger partial charge in [-0.15, -0.1) is 0 Å². The van der Waals surface area contributed by atoms with Gasteiger partial charge >= 0.3 is 0 Å². The van der Waals surface area contributed by atoms with E-state index in [1.807, 2.05) is 0 Å². The number of nitrogens with one attached hydrogen (secondary N) is 1. The molecule has 5 heteroatoms. The monoisotopic (exact) mass is 289 g/mol. The highest BCUT2D eigenvalue weighted by Crippen LogP contribution is 2.27. The van der Waals surface area contributed by atoms with E-state index in [4.69, 9.17) is 4.74 Å². The first-order valence-corrected chi connectivity index (χ1v) is 5.84. The number of hydrogen-bond acceptors (Lipinski definition) is 3. The van der Waals surface area contributed by atoms with Gasteiger partial charge in [0.2, 0.25) is 5.91 Å². The third-order valence-electron chi connectivity index (χ3n) is 1.77. The normalized spacial score (nSPS) is 9.80. The van der Waals surface area contributed by atoms with E-state index in [1.165, 1.54) is 0 Å². The highest BCUT2D eigenvalue weighted by molar-refractivity contribution is 9.10. The molecule has 15 heavy (non-hydrogen) atoms. The van der Waals surface area contributed by atoms with Crippen molar-refractivity contribution in [2.45, 2.75) is 6.42 Å². The van der Waals surface area contributed by atoms with Crippen LogP contribution in [0.2, 0.25) is 0 Å². The lowest BCUT2D eigenvalue weighted by Gasteiger charge is -2.07. The average Bonchev–Trinajstić information content (AvgIpc) is 2.18. The number of hydrogen-bond donors (Lipinski definition) is 2. The Morgan fingerprint density at radius 1 is 1.60 bits per heavy atom. The zero-order chi connectivity index (χ0) is 11.3. The zero-order valence-corrected chi connectivity index (χ0v) is 10.8. The third kappa shape index (κ3) is 3.76. The Balaban J connectivity index is 2.71. The molecule has 0 aliphatic rings. The number of amides is 1. The molecule has 1 N–H and O–H groups in total. The van der Waals surface area contributed by atoms with Gasteiger partial charge in [0, 0.05) is 12.1 Å². The Hall–Kier alpha value is -0.680. The highest BCUT2D eigenvalue weighted by Gasteiger charge is 2.04. The van der Waals surface area contributed by atoms with E-state index in [1.54, 1.807) is 25.3 Å². The molecule has 1 aromatic rings. The minimum Gasteiger partial charge on any atom is -0.496 e. The Morgan fingerprint density at radius 2 is 2.33 bits per heavy atom. The number of carbonyl (C=O) groups excluding carboxylic acids is 1. The van der Waals surface area contributed by atoms with Gasteiger partial charge in [-0.2, -0.15) is 12.6 Å². The quantitative estimate of drug-likeness (QED) is 0.837.